The fourth-order valence-corrected chi connectivity index (χ4v) is 0.409. The van der Waals surface area contributed by atoms with Gasteiger partial charge in [-0.15, -0.1) is 0 Å². The molecule has 0 aliphatic carbocycles. The van der Waals surface area contributed by atoms with Gasteiger partial charge in [0, 0.05) is 0 Å². The molecule has 0 aromatic rings. The Labute approximate surface area is 58.2 Å². The van der Waals surface area contributed by atoms with E-state index in [0.29, 0.717) is 6.42 Å². The first kappa shape index (κ1) is 9.75. The fourth-order valence-electron chi connectivity index (χ4n) is 0.409. The van der Waals surface area contributed by atoms with Gasteiger partial charge in [0.05, 0.1) is 6.10 Å². The van der Waals surface area contributed by atoms with E-state index in [1.165, 1.54) is 6.92 Å². The van der Waals surface area contributed by atoms with Crippen LogP contribution < -0.4 is 0 Å². The van der Waals surface area contributed by atoms with E-state index in [0.717, 1.165) is 0 Å². The number of ether oxygens (including phenoxy) is 1. The van der Waals surface area contributed by atoms with Gasteiger partial charge in [-0.1, -0.05) is 6.92 Å². The van der Waals surface area contributed by atoms with Gasteiger partial charge in [0.15, 0.2) is 6.67 Å². The van der Waals surface area contributed by atoms with Crippen molar-refractivity contribution in [2.45, 2.75) is 32.5 Å². The van der Waals surface area contributed by atoms with Crippen molar-refractivity contribution in [2.75, 3.05) is 6.67 Å². The third-order valence-corrected chi connectivity index (χ3v) is 1.10. The van der Waals surface area contributed by atoms with E-state index in [-0.39, 0.29) is 0 Å². The molecule has 0 aromatic heterocycles. The molecule has 62 valence electrons. The van der Waals surface area contributed by atoms with Crippen molar-refractivity contribution in [1.29, 1.82) is 0 Å². The summed E-state index contributed by atoms with van der Waals surface area (Å²) in [7, 11) is 0. The molecule has 0 spiro atoms. The Morgan fingerprint density at radius 3 is 2.30 bits per heavy atom. The van der Waals surface area contributed by atoms with Crippen LogP contribution in [0.5, 0.6) is 0 Å². The fraction of sp³-hybridized carbons (Fsp3) is 1.00. The van der Waals surface area contributed by atoms with Crippen molar-refractivity contribution in [2.24, 2.45) is 0 Å². The van der Waals surface area contributed by atoms with Crippen LogP contribution in [0.3, 0.4) is 0 Å². The van der Waals surface area contributed by atoms with Gasteiger partial charge in [-0.25, -0.2) is 4.39 Å². The first-order valence-corrected chi connectivity index (χ1v) is 3.13. The first-order valence-electron chi connectivity index (χ1n) is 3.13. The van der Waals surface area contributed by atoms with Gasteiger partial charge in [-0.05, 0) is 13.3 Å². The summed E-state index contributed by atoms with van der Waals surface area (Å²) in [4.78, 5) is 0. The summed E-state index contributed by atoms with van der Waals surface area (Å²) >= 11 is 0. The highest BCUT2D eigenvalue weighted by molar-refractivity contribution is 4.53. The van der Waals surface area contributed by atoms with Crippen LogP contribution in [-0.2, 0) is 4.74 Å². The van der Waals surface area contributed by atoms with Crippen LogP contribution in [0.25, 0.3) is 0 Å². The molecular formula is C6H11F3O. The minimum Gasteiger partial charge on any atom is -0.315 e. The van der Waals surface area contributed by atoms with Crippen LogP contribution in [0, 0.1) is 0 Å². The van der Waals surface area contributed by atoms with E-state index in [2.05, 4.69) is 4.74 Å². The number of hydrogen-bond acceptors (Lipinski definition) is 1. The van der Waals surface area contributed by atoms with Gasteiger partial charge in [0.1, 0.15) is 0 Å². The molecule has 0 amide bonds. The molecule has 0 saturated carbocycles. The Hall–Kier alpha value is -0.250. The molecular weight excluding hydrogens is 145 g/mol. The minimum atomic E-state index is -3.60. The molecule has 1 nitrogen and oxygen atoms in total. The number of rotatable bonds is 4. The number of hydrogen-bond donors (Lipinski definition) is 0. The highest BCUT2D eigenvalue weighted by Crippen LogP contribution is 2.18. The molecule has 0 saturated heterocycles. The van der Waals surface area contributed by atoms with Crippen LogP contribution in [0.4, 0.5) is 13.2 Å². The number of alkyl halides is 3. The molecule has 1 atom stereocenters. The lowest BCUT2D eigenvalue weighted by atomic mass is 10.3. The highest BCUT2D eigenvalue weighted by Gasteiger charge is 2.31. The zero-order valence-corrected chi connectivity index (χ0v) is 6.03. The molecule has 1 unspecified atom stereocenters. The summed E-state index contributed by atoms with van der Waals surface area (Å²) in [6.45, 7) is 1.42. The van der Waals surface area contributed by atoms with E-state index < -0.39 is 18.9 Å². The lowest BCUT2D eigenvalue weighted by Gasteiger charge is -2.17. The Morgan fingerprint density at radius 1 is 1.50 bits per heavy atom. The monoisotopic (exact) mass is 156 g/mol. The molecule has 0 heterocycles. The summed E-state index contributed by atoms with van der Waals surface area (Å²) in [5.74, 6) is 0. The van der Waals surface area contributed by atoms with Crippen LogP contribution in [0.1, 0.15) is 20.3 Å². The van der Waals surface area contributed by atoms with E-state index >= 15 is 0 Å². The molecule has 0 rings (SSSR count). The molecule has 4 heteroatoms. The third kappa shape index (κ3) is 3.71. The van der Waals surface area contributed by atoms with E-state index in [9.17, 15) is 13.2 Å². The van der Waals surface area contributed by atoms with E-state index in [1.807, 2.05) is 0 Å². The SMILES string of the molecule is CCC(C)OC(F)(F)CF. The number of halogens is 3. The zero-order valence-electron chi connectivity index (χ0n) is 6.03. The molecule has 0 aliphatic rings. The maximum Gasteiger partial charge on any atom is 0.384 e. The van der Waals surface area contributed by atoms with Gasteiger partial charge < -0.3 is 4.74 Å². The zero-order chi connectivity index (χ0) is 8.20. The van der Waals surface area contributed by atoms with E-state index in [1.54, 1.807) is 6.92 Å². The first-order chi connectivity index (χ1) is 4.52. The third-order valence-electron chi connectivity index (χ3n) is 1.10. The van der Waals surface area contributed by atoms with Crippen molar-refractivity contribution in [1.82, 2.24) is 0 Å². The summed E-state index contributed by atoms with van der Waals surface area (Å²) in [5, 5.41) is 0. The second kappa shape index (κ2) is 3.81. The van der Waals surface area contributed by atoms with Gasteiger partial charge >= 0.3 is 6.11 Å². The van der Waals surface area contributed by atoms with Crippen molar-refractivity contribution < 1.29 is 17.9 Å². The van der Waals surface area contributed by atoms with Crippen LogP contribution in [-0.4, -0.2) is 18.9 Å². The van der Waals surface area contributed by atoms with Crippen LogP contribution in [0.15, 0.2) is 0 Å². The average molecular weight is 156 g/mol. The molecule has 0 N–H and O–H groups in total. The van der Waals surface area contributed by atoms with Gasteiger partial charge in [0.2, 0.25) is 0 Å². The maximum absolute atomic E-state index is 12.0. The van der Waals surface area contributed by atoms with Crippen molar-refractivity contribution in [3.63, 3.8) is 0 Å². The Bertz CT molecular complexity index is 95.0. The molecule has 0 radical (unpaired) electrons. The largest absolute Gasteiger partial charge is 0.384 e. The minimum absolute atomic E-state index is 0.454. The summed E-state index contributed by atoms with van der Waals surface area (Å²) < 4.78 is 39.4. The maximum atomic E-state index is 12.0. The summed E-state index contributed by atoms with van der Waals surface area (Å²) in [6.07, 6.45) is -3.74. The summed E-state index contributed by atoms with van der Waals surface area (Å²) in [6, 6.07) is 0. The molecule has 0 aromatic carbocycles. The van der Waals surface area contributed by atoms with Crippen molar-refractivity contribution in [3.05, 3.63) is 0 Å². The smallest absolute Gasteiger partial charge is 0.315 e. The van der Waals surface area contributed by atoms with Crippen LogP contribution >= 0.6 is 0 Å². The van der Waals surface area contributed by atoms with Gasteiger partial charge in [-0.2, -0.15) is 8.78 Å². The molecule has 0 aliphatic heterocycles. The van der Waals surface area contributed by atoms with Gasteiger partial charge in [-0.3, -0.25) is 0 Å². The Morgan fingerprint density at radius 2 is 2.00 bits per heavy atom. The van der Waals surface area contributed by atoms with Gasteiger partial charge in [0.25, 0.3) is 0 Å². The predicted octanol–water partition coefficient (Wildman–Crippen LogP) is 2.36. The second-order valence-corrected chi connectivity index (χ2v) is 2.11. The average Bonchev–Trinajstić information content (AvgIpc) is 1.87. The topological polar surface area (TPSA) is 9.23 Å². The lowest BCUT2D eigenvalue weighted by molar-refractivity contribution is -0.266. The second-order valence-electron chi connectivity index (χ2n) is 2.11. The van der Waals surface area contributed by atoms with Crippen LogP contribution in [0.2, 0.25) is 0 Å². The quantitative estimate of drug-likeness (QED) is 0.607. The Balaban J connectivity index is 3.64. The predicted molar refractivity (Wildman–Crippen MR) is 31.8 cm³/mol. The van der Waals surface area contributed by atoms with Crippen molar-refractivity contribution in [3.8, 4) is 0 Å². The lowest BCUT2D eigenvalue weighted by Crippen LogP contribution is -2.28. The molecule has 0 bridgehead atoms. The van der Waals surface area contributed by atoms with Crippen molar-refractivity contribution >= 4 is 0 Å². The summed E-state index contributed by atoms with van der Waals surface area (Å²) in [5.41, 5.74) is 0. The van der Waals surface area contributed by atoms with E-state index in [4.69, 9.17) is 0 Å². The standard InChI is InChI=1S/C6H11F3O/c1-3-5(2)10-6(8,9)4-7/h5H,3-4H2,1-2H3. The normalized spacial score (nSPS) is 15.3. The Kier molecular flexibility index (Phi) is 3.71. The molecule has 0 fully saturated rings. The highest BCUT2D eigenvalue weighted by atomic mass is 19.3. The molecule has 10 heavy (non-hydrogen) atoms.